The first-order chi connectivity index (χ1) is 17.3. The van der Waals surface area contributed by atoms with Crippen molar-refractivity contribution in [2.45, 2.75) is 57.5 Å². The van der Waals surface area contributed by atoms with Gasteiger partial charge in [-0.1, -0.05) is 19.9 Å². The van der Waals surface area contributed by atoms with E-state index in [9.17, 15) is 10.1 Å². The van der Waals surface area contributed by atoms with Crippen molar-refractivity contribution in [3.63, 3.8) is 0 Å². The molecule has 4 rings (SSSR count). The summed E-state index contributed by atoms with van der Waals surface area (Å²) in [4.78, 5) is 13.3. The van der Waals surface area contributed by atoms with Crippen molar-refractivity contribution in [1.82, 2.24) is 14.3 Å². The lowest BCUT2D eigenvalue weighted by molar-refractivity contribution is 0.335. The molecule has 8 heteroatoms. The average Bonchev–Trinajstić information content (AvgIpc) is 3.32. The van der Waals surface area contributed by atoms with Gasteiger partial charge in [0.1, 0.15) is 5.69 Å². The van der Waals surface area contributed by atoms with Gasteiger partial charge in [-0.15, -0.1) is 0 Å². The molecule has 8 nitrogen and oxygen atoms in total. The van der Waals surface area contributed by atoms with Crippen LogP contribution in [0.3, 0.4) is 0 Å². The van der Waals surface area contributed by atoms with Crippen LogP contribution in [-0.4, -0.2) is 34.6 Å². The molecule has 0 unspecified atom stereocenters. The molecule has 2 heterocycles. The SMILES string of the molecule is COc1ccc([C@]2(C#N)CC[C@H](Nc3cc(-c4cnn(C)c4)cn(CC(C)C)c3=O)CC2)cc1OC. The molecular weight excluding hydrogens is 454 g/mol. The van der Waals surface area contributed by atoms with Gasteiger partial charge in [-0.2, -0.15) is 10.4 Å². The van der Waals surface area contributed by atoms with Gasteiger partial charge in [0.05, 0.1) is 31.9 Å². The van der Waals surface area contributed by atoms with Crippen molar-refractivity contribution in [3.05, 3.63) is 58.8 Å². The smallest absolute Gasteiger partial charge is 0.273 e. The van der Waals surface area contributed by atoms with Crippen LogP contribution in [0, 0.1) is 17.2 Å². The van der Waals surface area contributed by atoms with Crippen LogP contribution in [-0.2, 0) is 19.0 Å². The maximum Gasteiger partial charge on any atom is 0.273 e. The Kier molecular flexibility index (Phi) is 7.39. The minimum atomic E-state index is -0.590. The van der Waals surface area contributed by atoms with Crippen molar-refractivity contribution in [2.24, 2.45) is 13.0 Å². The number of hydrogen-bond donors (Lipinski definition) is 1. The highest BCUT2D eigenvalue weighted by Crippen LogP contribution is 2.42. The molecule has 1 N–H and O–H groups in total. The number of hydrogen-bond acceptors (Lipinski definition) is 6. The second-order valence-electron chi connectivity index (χ2n) is 10.1. The number of benzene rings is 1. The molecule has 1 fully saturated rings. The molecule has 0 saturated heterocycles. The van der Waals surface area contributed by atoms with E-state index in [-0.39, 0.29) is 11.6 Å². The molecule has 190 valence electrons. The Balaban J connectivity index is 1.57. The summed E-state index contributed by atoms with van der Waals surface area (Å²) in [6.07, 6.45) is 8.63. The Labute approximate surface area is 212 Å². The van der Waals surface area contributed by atoms with Gasteiger partial charge in [0, 0.05) is 43.2 Å². The number of nitrogens with zero attached hydrogens (tertiary/aromatic N) is 4. The highest BCUT2D eigenvalue weighted by atomic mass is 16.5. The van der Waals surface area contributed by atoms with Gasteiger partial charge in [0.2, 0.25) is 0 Å². The van der Waals surface area contributed by atoms with Crippen LogP contribution in [0.25, 0.3) is 11.1 Å². The minimum absolute atomic E-state index is 0.0200. The van der Waals surface area contributed by atoms with Gasteiger partial charge >= 0.3 is 0 Å². The number of pyridine rings is 1. The zero-order valence-corrected chi connectivity index (χ0v) is 21.7. The van der Waals surface area contributed by atoms with Gasteiger partial charge in [-0.3, -0.25) is 9.48 Å². The molecule has 0 spiro atoms. The van der Waals surface area contributed by atoms with E-state index in [2.05, 4.69) is 30.3 Å². The van der Waals surface area contributed by atoms with Gasteiger partial charge in [0.25, 0.3) is 5.56 Å². The Hall–Kier alpha value is -3.73. The van der Waals surface area contributed by atoms with Crippen LogP contribution in [0.15, 0.2) is 47.7 Å². The number of nitrogens with one attached hydrogen (secondary N) is 1. The minimum Gasteiger partial charge on any atom is -0.493 e. The molecule has 0 radical (unpaired) electrons. The van der Waals surface area contributed by atoms with Crippen molar-refractivity contribution < 1.29 is 9.47 Å². The number of aromatic nitrogens is 3. The van der Waals surface area contributed by atoms with E-state index in [1.54, 1.807) is 23.5 Å². The first-order valence-corrected chi connectivity index (χ1v) is 12.4. The van der Waals surface area contributed by atoms with E-state index in [1.165, 1.54) is 0 Å². The molecule has 1 aliphatic rings. The summed E-state index contributed by atoms with van der Waals surface area (Å²) >= 11 is 0. The summed E-state index contributed by atoms with van der Waals surface area (Å²) in [7, 11) is 5.09. The molecular formula is C28H35N5O3. The third-order valence-electron chi connectivity index (χ3n) is 7.04. The fourth-order valence-electron chi connectivity index (χ4n) is 5.07. The molecule has 1 aromatic carbocycles. The number of nitriles is 1. The fourth-order valence-corrected chi connectivity index (χ4v) is 5.07. The van der Waals surface area contributed by atoms with E-state index < -0.39 is 5.41 Å². The highest BCUT2D eigenvalue weighted by Gasteiger charge is 2.38. The molecule has 0 amide bonds. The summed E-state index contributed by atoms with van der Waals surface area (Å²) in [5, 5.41) is 18.0. The lowest BCUT2D eigenvalue weighted by atomic mass is 9.69. The maximum atomic E-state index is 13.3. The van der Waals surface area contributed by atoms with Gasteiger partial charge < -0.3 is 19.4 Å². The molecule has 0 atom stereocenters. The van der Waals surface area contributed by atoms with Crippen LogP contribution in [0.5, 0.6) is 11.5 Å². The summed E-state index contributed by atoms with van der Waals surface area (Å²) in [5.74, 6) is 1.62. The number of aryl methyl sites for hydroxylation is 1. The van der Waals surface area contributed by atoms with Gasteiger partial charge in [-0.25, -0.2) is 0 Å². The molecule has 36 heavy (non-hydrogen) atoms. The van der Waals surface area contributed by atoms with Crippen molar-refractivity contribution in [2.75, 3.05) is 19.5 Å². The third-order valence-corrected chi connectivity index (χ3v) is 7.04. The second-order valence-corrected chi connectivity index (χ2v) is 10.1. The lowest BCUT2D eigenvalue weighted by Crippen LogP contribution is -2.37. The monoisotopic (exact) mass is 489 g/mol. The van der Waals surface area contributed by atoms with Gasteiger partial charge in [-0.05, 0) is 55.4 Å². The first kappa shape index (κ1) is 25.4. The lowest BCUT2D eigenvalue weighted by Gasteiger charge is -2.36. The van der Waals surface area contributed by atoms with Crippen molar-refractivity contribution in [3.8, 4) is 28.7 Å². The average molecular weight is 490 g/mol. The molecule has 0 bridgehead atoms. The van der Waals surface area contributed by atoms with Crippen LogP contribution in [0.2, 0.25) is 0 Å². The van der Waals surface area contributed by atoms with Crippen LogP contribution in [0.4, 0.5) is 5.69 Å². The Morgan fingerprint density at radius 2 is 1.86 bits per heavy atom. The quantitative estimate of drug-likeness (QED) is 0.491. The van der Waals surface area contributed by atoms with E-state index in [0.29, 0.717) is 42.5 Å². The largest absolute Gasteiger partial charge is 0.493 e. The zero-order chi connectivity index (χ0) is 25.9. The maximum absolute atomic E-state index is 13.3. The first-order valence-electron chi connectivity index (χ1n) is 12.4. The number of anilines is 1. The Morgan fingerprint density at radius 3 is 2.44 bits per heavy atom. The summed E-state index contributed by atoms with van der Waals surface area (Å²) in [6.45, 7) is 4.85. The fraction of sp³-hybridized carbons (Fsp3) is 0.464. The number of rotatable bonds is 8. The standard InChI is InChI=1S/C28H35N5O3/c1-19(2)15-33-17-20(21-14-30-32(3)16-21)12-24(27(33)34)31-23-8-10-28(18-29,11-9-23)22-6-7-25(35-4)26(13-22)36-5/h6-7,12-14,16-17,19,23,31H,8-11,15H2,1-5H3/t23-,28+. The second kappa shape index (κ2) is 10.5. The predicted molar refractivity (Wildman–Crippen MR) is 140 cm³/mol. The number of ether oxygens (including phenoxy) is 2. The summed E-state index contributed by atoms with van der Waals surface area (Å²) < 4.78 is 14.4. The van der Waals surface area contributed by atoms with Crippen molar-refractivity contribution >= 4 is 5.69 Å². The van der Waals surface area contributed by atoms with Crippen LogP contribution >= 0.6 is 0 Å². The van der Waals surface area contributed by atoms with Crippen LogP contribution in [0.1, 0.15) is 45.1 Å². The molecule has 1 saturated carbocycles. The molecule has 3 aromatic rings. The van der Waals surface area contributed by atoms with Gasteiger partial charge in [0.15, 0.2) is 11.5 Å². The highest BCUT2D eigenvalue weighted by molar-refractivity contribution is 5.65. The van der Waals surface area contributed by atoms with E-state index in [0.717, 1.165) is 29.5 Å². The number of methoxy groups -OCH3 is 2. The summed E-state index contributed by atoms with van der Waals surface area (Å²) in [5.41, 5.74) is 2.86. The topological polar surface area (TPSA) is 94.1 Å². The Bertz CT molecular complexity index is 1310. The predicted octanol–water partition coefficient (Wildman–Crippen LogP) is 4.74. The molecule has 0 aliphatic heterocycles. The van der Waals surface area contributed by atoms with E-state index >= 15 is 0 Å². The molecule has 2 aromatic heterocycles. The Morgan fingerprint density at radius 1 is 1.14 bits per heavy atom. The third kappa shape index (κ3) is 5.11. The summed E-state index contributed by atoms with van der Waals surface area (Å²) in [6, 6.07) is 10.4. The van der Waals surface area contributed by atoms with Crippen LogP contribution < -0.4 is 20.3 Å². The van der Waals surface area contributed by atoms with E-state index in [4.69, 9.17) is 9.47 Å². The normalized spacial score (nSPS) is 19.6. The van der Waals surface area contributed by atoms with Crippen molar-refractivity contribution in [1.29, 1.82) is 5.26 Å². The zero-order valence-electron chi connectivity index (χ0n) is 21.7. The molecule has 1 aliphatic carbocycles. The van der Waals surface area contributed by atoms with E-state index in [1.807, 2.05) is 49.9 Å².